The average Bonchev–Trinajstić information content (AvgIpc) is 2.53. The van der Waals surface area contributed by atoms with E-state index in [1.165, 1.54) is 0 Å². The Morgan fingerprint density at radius 1 is 1.05 bits per heavy atom. The highest BCUT2D eigenvalue weighted by Crippen LogP contribution is 2.34. The van der Waals surface area contributed by atoms with Gasteiger partial charge in [0.2, 0.25) is 0 Å². The van der Waals surface area contributed by atoms with Crippen LogP contribution in [0.25, 0.3) is 0 Å². The minimum atomic E-state index is -0.146. The van der Waals surface area contributed by atoms with Gasteiger partial charge in [-0.05, 0) is 42.8 Å². The summed E-state index contributed by atoms with van der Waals surface area (Å²) in [6, 6.07) is 11.6. The predicted molar refractivity (Wildman–Crippen MR) is 83.4 cm³/mol. The number of anilines is 1. The molecule has 4 rings (SSSR count). The predicted octanol–water partition coefficient (Wildman–Crippen LogP) is 2.84. The molecule has 0 unspecified atom stereocenters. The molecule has 2 aromatic rings. The quantitative estimate of drug-likeness (QED) is 0.879. The maximum absolute atomic E-state index is 11.4. The van der Waals surface area contributed by atoms with Gasteiger partial charge in [-0.15, -0.1) is 0 Å². The highest BCUT2D eigenvalue weighted by atomic mass is 16.5. The molecule has 0 spiro atoms. The summed E-state index contributed by atoms with van der Waals surface area (Å²) in [6.45, 7) is 2.49. The zero-order valence-electron chi connectivity index (χ0n) is 12.1. The molecule has 0 radical (unpaired) electrons. The van der Waals surface area contributed by atoms with Gasteiger partial charge in [-0.1, -0.05) is 6.07 Å². The van der Waals surface area contributed by atoms with E-state index in [0.29, 0.717) is 18.0 Å². The van der Waals surface area contributed by atoms with Crippen LogP contribution < -0.4 is 14.8 Å². The lowest BCUT2D eigenvalue weighted by Crippen LogP contribution is -2.26. The van der Waals surface area contributed by atoms with E-state index in [1.54, 1.807) is 0 Å². The first kappa shape index (κ1) is 12.9. The highest BCUT2D eigenvalue weighted by Gasteiger charge is 2.19. The number of amides is 1. The summed E-state index contributed by atoms with van der Waals surface area (Å²) in [6.07, 6.45) is 0. The van der Waals surface area contributed by atoms with Crippen LogP contribution in [0.5, 0.6) is 11.5 Å². The Hall–Kier alpha value is -2.82. The van der Waals surface area contributed by atoms with Gasteiger partial charge in [0.25, 0.3) is 5.91 Å². The molecule has 22 heavy (non-hydrogen) atoms. The number of nitrogens with zero attached hydrogens (tertiary/aromatic N) is 1. The van der Waals surface area contributed by atoms with Crippen molar-refractivity contribution in [3.63, 3.8) is 0 Å². The molecule has 2 aromatic carbocycles. The molecule has 2 heterocycles. The molecule has 0 aromatic heterocycles. The molecule has 5 nitrogen and oxygen atoms in total. The summed E-state index contributed by atoms with van der Waals surface area (Å²) in [5.41, 5.74) is 4.39. The summed E-state index contributed by atoms with van der Waals surface area (Å²) in [7, 11) is 0. The van der Waals surface area contributed by atoms with Crippen LogP contribution in [0.2, 0.25) is 0 Å². The van der Waals surface area contributed by atoms with Gasteiger partial charge in [0.15, 0.2) is 6.61 Å². The van der Waals surface area contributed by atoms with E-state index < -0.39 is 0 Å². The molecule has 1 N–H and O–H groups in total. The van der Waals surface area contributed by atoms with Gasteiger partial charge in [0, 0.05) is 5.56 Å². The number of benzene rings is 2. The molecular weight excluding hydrogens is 280 g/mol. The van der Waals surface area contributed by atoms with Gasteiger partial charge in [0.05, 0.1) is 11.4 Å². The van der Waals surface area contributed by atoms with Gasteiger partial charge < -0.3 is 14.8 Å². The number of nitrogens with one attached hydrogen (secondary N) is 1. The van der Waals surface area contributed by atoms with Crippen LogP contribution in [0, 0.1) is 6.92 Å². The summed E-state index contributed by atoms with van der Waals surface area (Å²) >= 11 is 0. The van der Waals surface area contributed by atoms with Gasteiger partial charge in [-0.2, -0.15) is 0 Å². The number of ether oxygens (including phenoxy) is 2. The highest BCUT2D eigenvalue weighted by molar-refractivity contribution is 6.06. The Kier molecular flexibility index (Phi) is 2.85. The van der Waals surface area contributed by atoms with Crippen molar-refractivity contribution in [1.29, 1.82) is 0 Å². The summed E-state index contributed by atoms with van der Waals surface area (Å²) in [5.74, 6) is 1.33. The largest absolute Gasteiger partial charge is 0.485 e. The second-order valence-electron chi connectivity index (χ2n) is 5.37. The maximum Gasteiger partial charge on any atom is 0.262 e. The van der Waals surface area contributed by atoms with Crippen molar-refractivity contribution < 1.29 is 14.3 Å². The first-order valence-corrected chi connectivity index (χ1v) is 7.07. The van der Waals surface area contributed by atoms with Crippen LogP contribution in [0.15, 0.2) is 41.4 Å². The Bertz CT molecular complexity index is 812. The topological polar surface area (TPSA) is 59.9 Å². The molecule has 2 aliphatic heterocycles. The number of hydrogen-bond donors (Lipinski definition) is 1. The molecule has 0 saturated heterocycles. The summed E-state index contributed by atoms with van der Waals surface area (Å²) in [4.78, 5) is 16.1. The van der Waals surface area contributed by atoms with Crippen molar-refractivity contribution in [2.24, 2.45) is 4.99 Å². The number of aryl methyl sites for hydroxylation is 1. The SMILES string of the molecule is Cc1ccc2c(c1)N=C(c1ccc3c(c1)NC(=O)CO3)CO2. The lowest BCUT2D eigenvalue weighted by Gasteiger charge is -2.21. The van der Waals surface area contributed by atoms with E-state index in [0.717, 1.165) is 28.3 Å². The molecule has 0 saturated carbocycles. The van der Waals surface area contributed by atoms with Crippen LogP contribution in [0.3, 0.4) is 0 Å². The molecule has 5 heteroatoms. The molecule has 0 fully saturated rings. The van der Waals surface area contributed by atoms with Gasteiger partial charge in [-0.3, -0.25) is 4.79 Å². The van der Waals surface area contributed by atoms with E-state index in [4.69, 9.17) is 9.47 Å². The third-order valence-corrected chi connectivity index (χ3v) is 3.68. The third-order valence-electron chi connectivity index (χ3n) is 3.68. The third kappa shape index (κ3) is 2.20. The van der Waals surface area contributed by atoms with Gasteiger partial charge in [-0.25, -0.2) is 4.99 Å². The molecular formula is C17H14N2O3. The Balaban J connectivity index is 1.73. The number of rotatable bonds is 1. The molecule has 0 bridgehead atoms. The van der Waals surface area contributed by atoms with Gasteiger partial charge >= 0.3 is 0 Å². The number of aliphatic imine (C=N–C) groups is 1. The molecule has 0 aliphatic carbocycles. The Labute approximate surface area is 127 Å². The standard InChI is InChI=1S/C17H14N2O3/c1-10-2-4-15-12(6-10)18-14(8-21-15)11-3-5-16-13(7-11)19-17(20)9-22-16/h2-7H,8-9H2,1H3,(H,19,20). The van der Waals surface area contributed by atoms with Crippen LogP contribution in [-0.4, -0.2) is 24.8 Å². The Morgan fingerprint density at radius 2 is 1.86 bits per heavy atom. The number of carbonyl (C=O) groups is 1. The fraction of sp³-hybridized carbons (Fsp3) is 0.176. The van der Waals surface area contributed by atoms with Crippen molar-refractivity contribution in [3.05, 3.63) is 47.5 Å². The summed E-state index contributed by atoms with van der Waals surface area (Å²) < 4.78 is 11.1. The van der Waals surface area contributed by atoms with Crippen molar-refractivity contribution in [1.82, 2.24) is 0 Å². The first-order valence-electron chi connectivity index (χ1n) is 7.07. The van der Waals surface area contributed by atoms with Crippen LogP contribution in [0.4, 0.5) is 11.4 Å². The molecule has 1 amide bonds. The van der Waals surface area contributed by atoms with Crippen LogP contribution in [-0.2, 0) is 4.79 Å². The zero-order valence-corrected chi connectivity index (χ0v) is 12.1. The second-order valence-corrected chi connectivity index (χ2v) is 5.37. The Morgan fingerprint density at radius 3 is 2.77 bits per heavy atom. The van der Waals surface area contributed by atoms with Crippen molar-refractivity contribution >= 4 is 23.0 Å². The number of fused-ring (bicyclic) bond motifs is 2. The lowest BCUT2D eigenvalue weighted by atomic mass is 10.1. The first-order chi connectivity index (χ1) is 10.7. The van der Waals surface area contributed by atoms with Crippen molar-refractivity contribution in [2.45, 2.75) is 6.92 Å². The van der Waals surface area contributed by atoms with Crippen molar-refractivity contribution in [3.8, 4) is 11.5 Å². The van der Waals surface area contributed by atoms with Crippen LogP contribution >= 0.6 is 0 Å². The van der Waals surface area contributed by atoms with Crippen LogP contribution in [0.1, 0.15) is 11.1 Å². The van der Waals surface area contributed by atoms with E-state index >= 15 is 0 Å². The van der Waals surface area contributed by atoms with E-state index in [9.17, 15) is 4.79 Å². The molecule has 0 atom stereocenters. The van der Waals surface area contributed by atoms with E-state index in [2.05, 4.69) is 10.3 Å². The normalized spacial score (nSPS) is 15.7. The summed E-state index contributed by atoms with van der Waals surface area (Å²) in [5, 5.41) is 2.81. The maximum atomic E-state index is 11.4. The van der Waals surface area contributed by atoms with Crippen molar-refractivity contribution in [2.75, 3.05) is 18.5 Å². The molecule has 110 valence electrons. The number of hydrogen-bond acceptors (Lipinski definition) is 4. The lowest BCUT2D eigenvalue weighted by molar-refractivity contribution is -0.118. The van der Waals surface area contributed by atoms with E-state index in [-0.39, 0.29) is 12.5 Å². The van der Waals surface area contributed by atoms with Gasteiger partial charge in [0.1, 0.15) is 23.8 Å². The number of carbonyl (C=O) groups excluding carboxylic acids is 1. The monoisotopic (exact) mass is 294 g/mol. The minimum Gasteiger partial charge on any atom is -0.485 e. The second kappa shape index (κ2) is 4.87. The smallest absolute Gasteiger partial charge is 0.262 e. The minimum absolute atomic E-state index is 0.0586. The fourth-order valence-electron chi connectivity index (χ4n) is 2.57. The average molecular weight is 294 g/mol. The fourth-order valence-corrected chi connectivity index (χ4v) is 2.57. The zero-order chi connectivity index (χ0) is 15.1. The van der Waals surface area contributed by atoms with E-state index in [1.807, 2.05) is 43.3 Å². The molecule has 2 aliphatic rings.